The second-order valence-corrected chi connectivity index (χ2v) is 9.18. The largest absolute Gasteiger partial charge is 0.493 e. The van der Waals surface area contributed by atoms with Crippen molar-refractivity contribution in [3.8, 4) is 11.5 Å². The summed E-state index contributed by atoms with van der Waals surface area (Å²) in [6.07, 6.45) is 3.05. The van der Waals surface area contributed by atoms with Crippen molar-refractivity contribution >= 4 is 33.1 Å². The topological polar surface area (TPSA) is 110 Å². The molecule has 1 heterocycles. The SMILES string of the molecule is COc1cc(C=NNC(=O)c2c[nH]c3ccccc23)ccc1OS(=O)(=O)c1cc(C)ccc1C. The van der Waals surface area contributed by atoms with Gasteiger partial charge in [0.2, 0.25) is 0 Å². The molecule has 0 radical (unpaired) electrons. The van der Waals surface area contributed by atoms with E-state index in [0.29, 0.717) is 16.7 Å². The van der Waals surface area contributed by atoms with Crippen LogP contribution in [0.3, 0.4) is 0 Å². The molecule has 0 aliphatic rings. The molecule has 1 amide bonds. The maximum Gasteiger partial charge on any atom is 0.339 e. The summed E-state index contributed by atoms with van der Waals surface area (Å²) in [6.45, 7) is 3.52. The number of hydrogen-bond donors (Lipinski definition) is 2. The van der Waals surface area contributed by atoms with Crippen LogP contribution in [0, 0.1) is 13.8 Å². The van der Waals surface area contributed by atoms with Crippen LogP contribution in [0.1, 0.15) is 27.0 Å². The van der Waals surface area contributed by atoms with E-state index in [-0.39, 0.29) is 22.3 Å². The Bertz CT molecular complexity index is 1510. The Morgan fingerprint density at radius 1 is 1.03 bits per heavy atom. The lowest BCUT2D eigenvalue weighted by Gasteiger charge is -2.13. The number of rotatable bonds is 7. The van der Waals surface area contributed by atoms with Crippen molar-refractivity contribution < 1.29 is 22.1 Å². The van der Waals surface area contributed by atoms with Gasteiger partial charge in [-0.25, -0.2) is 5.43 Å². The number of hydrogen-bond acceptors (Lipinski definition) is 6. The Morgan fingerprint density at radius 3 is 2.62 bits per heavy atom. The van der Waals surface area contributed by atoms with Gasteiger partial charge in [0, 0.05) is 17.1 Å². The standard InChI is InChI=1S/C25H23N3O5S/c1-16-8-9-17(2)24(12-16)34(30,31)33-22-11-10-18(13-23(22)32-3)14-27-28-25(29)20-15-26-21-7-5-4-6-19(20)21/h4-15,26H,1-3H3,(H,28,29). The number of benzene rings is 3. The quantitative estimate of drug-likeness (QED) is 0.234. The fraction of sp³-hybridized carbons (Fsp3) is 0.120. The number of aromatic amines is 1. The molecule has 0 spiro atoms. The lowest BCUT2D eigenvalue weighted by molar-refractivity contribution is 0.0957. The van der Waals surface area contributed by atoms with E-state index < -0.39 is 10.1 Å². The molecule has 3 aromatic carbocycles. The van der Waals surface area contributed by atoms with Gasteiger partial charge in [-0.1, -0.05) is 30.3 Å². The van der Waals surface area contributed by atoms with Crippen molar-refractivity contribution in [3.63, 3.8) is 0 Å². The van der Waals surface area contributed by atoms with Crippen LogP contribution in [0.2, 0.25) is 0 Å². The first-order valence-electron chi connectivity index (χ1n) is 10.4. The Balaban J connectivity index is 1.50. The van der Waals surface area contributed by atoms with Crippen molar-refractivity contribution in [2.45, 2.75) is 18.7 Å². The fourth-order valence-corrected chi connectivity index (χ4v) is 4.71. The Hall–Kier alpha value is -4.11. The van der Waals surface area contributed by atoms with E-state index >= 15 is 0 Å². The summed E-state index contributed by atoms with van der Waals surface area (Å²) >= 11 is 0. The maximum absolute atomic E-state index is 12.8. The van der Waals surface area contributed by atoms with Crippen LogP contribution >= 0.6 is 0 Å². The lowest BCUT2D eigenvalue weighted by Crippen LogP contribution is -2.17. The number of carbonyl (C=O) groups is 1. The molecule has 0 aliphatic carbocycles. The predicted octanol–water partition coefficient (Wildman–Crippen LogP) is 4.32. The molecule has 0 aliphatic heterocycles. The summed E-state index contributed by atoms with van der Waals surface area (Å²) in [5, 5.41) is 4.79. The van der Waals surface area contributed by atoms with Gasteiger partial charge in [0.15, 0.2) is 11.5 Å². The van der Waals surface area contributed by atoms with Crippen molar-refractivity contribution in [3.05, 3.63) is 89.1 Å². The van der Waals surface area contributed by atoms with Crippen LogP contribution in [-0.2, 0) is 10.1 Å². The van der Waals surface area contributed by atoms with Crippen LogP contribution in [0.15, 0.2) is 76.9 Å². The van der Waals surface area contributed by atoms with Gasteiger partial charge >= 0.3 is 10.1 Å². The van der Waals surface area contributed by atoms with Crippen LogP contribution in [-0.4, -0.2) is 32.6 Å². The number of fused-ring (bicyclic) bond motifs is 1. The summed E-state index contributed by atoms with van der Waals surface area (Å²) in [5.41, 5.74) is 5.79. The summed E-state index contributed by atoms with van der Waals surface area (Å²) in [5.74, 6) is -0.107. The monoisotopic (exact) mass is 477 g/mol. The van der Waals surface area contributed by atoms with E-state index in [1.165, 1.54) is 19.4 Å². The first-order chi connectivity index (χ1) is 16.3. The van der Waals surface area contributed by atoms with Crippen LogP contribution in [0.25, 0.3) is 10.9 Å². The molecule has 0 bridgehead atoms. The summed E-state index contributed by atoms with van der Waals surface area (Å²) in [7, 11) is -2.65. The third kappa shape index (κ3) is 4.79. The zero-order chi connectivity index (χ0) is 24.3. The number of H-pyrrole nitrogens is 1. The molecule has 0 atom stereocenters. The highest BCUT2D eigenvalue weighted by molar-refractivity contribution is 7.87. The Labute approximate surface area is 197 Å². The molecule has 0 fully saturated rings. The first-order valence-corrected chi connectivity index (χ1v) is 11.8. The molecular formula is C25H23N3O5S. The second-order valence-electron chi connectivity index (χ2n) is 7.66. The highest BCUT2D eigenvalue weighted by atomic mass is 32.2. The van der Waals surface area contributed by atoms with Gasteiger partial charge in [-0.15, -0.1) is 0 Å². The van der Waals surface area contributed by atoms with E-state index in [4.69, 9.17) is 8.92 Å². The van der Waals surface area contributed by atoms with E-state index in [9.17, 15) is 13.2 Å². The number of aromatic nitrogens is 1. The van der Waals surface area contributed by atoms with Gasteiger partial charge < -0.3 is 13.9 Å². The third-order valence-corrected chi connectivity index (χ3v) is 6.59. The average molecular weight is 478 g/mol. The number of methoxy groups -OCH3 is 1. The van der Waals surface area contributed by atoms with Crippen molar-refractivity contribution in [1.29, 1.82) is 0 Å². The normalized spacial score (nSPS) is 11.6. The molecule has 1 aromatic heterocycles. The van der Waals surface area contributed by atoms with Gasteiger partial charge in [-0.2, -0.15) is 13.5 Å². The Morgan fingerprint density at radius 2 is 1.82 bits per heavy atom. The highest BCUT2D eigenvalue weighted by Crippen LogP contribution is 2.31. The highest BCUT2D eigenvalue weighted by Gasteiger charge is 2.21. The fourth-order valence-electron chi connectivity index (χ4n) is 3.46. The first kappa shape index (κ1) is 23.1. The third-order valence-electron chi connectivity index (χ3n) is 5.21. The zero-order valence-electron chi connectivity index (χ0n) is 18.8. The van der Waals surface area contributed by atoms with Crippen molar-refractivity contribution in [2.75, 3.05) is 7.11 Å². The van der Waals surface area contributed by atoms with Crippen molar-refractivity contribution in [2.24, 2.45) is 5.10 Å². The molecule has 8 nitrogen and oxygen atoms in total. The van der Waals surface area contributed by atoms with E-state index in [1.807, 2.05) is 37.3 Å². The van der Waals surface area contributed by atoms with Gasteiger partial charge in [0.25, 0.3) is 5.91 Å². The van der Waals surface area contributed by atoms with Gasteiger partial charge in [-0.3, -0.25) is 4.79 Å². The molecule has 0 unspecified atom stereocenters. The number of amides is 1. The minimum atomic E-state index is -4.06. The van der Waals surface area contributed by atoms with E-state index in [1.54, 1.807) is 37.4 Å². The van der Waals surface area contributed by atoms with Crippen LogP contribution in [0.4, 0.5) is 0 Å². The lowest BCUT2D eigenvalue weighted by atomic mass is 10.2. The van der Waals surface area contributed by atoms with E-state index in [0.717, 1.165) is 16.5 Å². The predicted molar refractivity (Wildman–Crippen MR) is 130 cm³/mol. The summed E-state index contributed by atoms with van der Waals surface area (Å²) < 4.78 is 36.3. The molecule has 9 heteroatoms. The smallest absolute Gasteiger partial charge is 0.339 e. The molecule has 174 valence electrons. The van der Waals surface area contributed by atoms with Crippen molar-refractivity contribution in [1.82, 2.24) is 10.4 Å². The second kappa shape index (κ2) is 9.40. The molecular weight excluding hydrogens is 454 g/mol. The molecule has 2 N–H and O–H groups in total. The van der Waals surface area contributed by atoms with Gasteiger partial charge in [0.1, 0.15) is 4.90 Å². The molecule has 0 saturated carbocycles. The number of carbonyl (C=O) groups excluding carboxylic acids is 1. The van der Waals surface area contributed by atoms with E-state index in [2.05, 4.69) is 15.5 Å². The average Bonchev–Trinajstić information content (AvgIpc) is 3.25. The maximum atomic E-state index is 12.8. The summed E-state index contributed by atoms with van der Waals surface area (Å²) in [6, 6.07) is 17.2. The molecule has 4 aromatic rings. The summed E-state index contributed by atoms with van der Waals surface area (Å²) in [4.78, 5) is 15.6. The number of nitrogens with one attached hydrogen (secondary N) is 2. The zero-order valence-corrected chi connectivity index (χ0v) is 19.6. The number of nitrogens with zero attached hydrogens (tertiary/aromatic N) is 1. The minimum absolute atomic E-state index is 0.0448. The number of aryl methyl sites for hydroxylation is 2. The number of hydrazone groups is 1. The number of para-hydroxylation sites is 1. The minimum Gasteiger partial charge on any atom is -0.493 e. The Kier molecular flexibility index (Phi) is 6.38. The van der Waals surface area contributed by atoms with Gasteiger partial charge in [-0.05, 0) is 60.9 Å². The van der Waals surface area contributed by atoms with Crippen LogP contribution < -0.4 is 14.3 Å². The van der Waals surface area contributed by atoms with Gasteiger partial charge in [0.05, 0.1) is 18.9 Å². The molecule has 4 rings (SSSR count). The van der Waals surface area contributed by atoms with Crippen LogP contribution in [0.5, 0.6) is 11.5 Å². The molecule has 34 heavy (non-hydrogen) atoms. The number of ether oxygens (including phenoxy) is 1. The molecule has 0 saturated heterocycles.